The number of halogens is 1. The minimum absolute atomic E-state index is 0.0211. The molecule has 1 aromatic heterocycles. The molecule has 0 aliphatic carbocycles. The topological polar surface area (TPSA) is 75.8 Å². The summed E-state index contributed by atoms with van der Waals surface area (Å²) in [5.74, 6) is -0.186. The second-order valence-electron chi connectivity index (χ2n) is 5.78. The number of benzene rings is 1. The molecule has 1 aliphatic heterocycles. The second kappa shape index (κ2) is 7.42. The molecule has 2 aromatic rings. The smallest absolute Gasteiger partial charge is 0.306 e. The second-order valence-corrected chi connectivity index (χ2v) is 7.35. The Labute approximate surface area is 149 Å². The van der Waals surface area contributed by atoms with Crippen molar-refractivity contribution in [3.05, 3.63) is 45.3 Å². The van der Waals surface area contributed by atoms with E-state index in [2.05, 4.69) is 4.90 Å². The number of ether oxygens (including phenoxy) is 1. The van der Waals surface area contributed by atoms with Gasteiger partial charge in [0.05, 0.1) is 13.0 Å². The summed E-state index contributed by atoms with van der Waals surface area (Å²) >= 11 is 7.46. The molecule has 0 radical (unpaired) electrons. The van der Waals surface area contributed by atoms with Gasteiger partial charge in [-0.2, -0.15) is 0 Å². The van der Waals surface area contributed by atoms with Crippen LogP contribution in [0.1, 0.15) is 22.4 Å². The quantitative estimate of drug-likeness (QED) is 0.819. The number of nitrogens with two attached hydrogens (primary N) is 1. The molecule has 2 heterocycles. The van der Waals surface area contributed by atoms with Gasteiger partial charge in [0.25, 0.3) is 0 Å². The van der Waals surface area contributed by atoms with Gasteiger partial charge in [0.15, 0.2) is 5.75 Å². The number of rotatable bonds is 6. The van der Waals surface area contributed by atoms with Gasteiger partial charge in [-0.25, -0.2) is 0 Å². The van der Waals surface area contributed by atoms with Gasteiger partial charge in [0.1, 0.15) is 5.00 Å². The van der Waals surface area contributed by atoms with Crippen LogP contribution in [0.4, 0.5) is 5.00 Å². The van der Waals surface area contributed by atoms with Gasteiger partial charge in [-0.15, -0.1) is 11.3 Å². The van der Waals surface area contributed by atoms with Crippen LogP contribution in [0, 0.1) is 0 Å². The molecular weight excluding hydrogens is 348 g/mol. The lowest BCUT2D eigenvalue weighted by Crippen LogP contribution is -2.29. The van der Waals surface area contributed by atoms with Gasteiger partial charge in [0, 0.05) is 35.1 Å². The number of aliphatic carboxylic acids is 1. The highest BCUT2D eigenvalue weighted by Gasteiger charge is 2.24. The van der Waals surface area contributed by atoms with E-state index >= 15 is 0 Å². The van der Waals surface area contributed by atoms with Gasteiger partial charge >= 0.3 is 5.97 Å². The van der Waals surface area contributed by atoms with E-state index < -0.39 is 5.97 Å². The zero-order valence-electron chi connectivity index (χ0n) is 13.1. The van der Waals surface area contributed by atoms with Crippen molar-refractivity contribution < 1.29 is 14.6 Å². The molecule has 0 saturated heterocycles. The van der Waals surface area contributed by atoms with Crippen molar-refractivity contribution in [2.75, 3.05) is 18.9 Å². The number of anilines is 1. The van der Waals surface area contributed by atoms with Crippen LogP contribution in [0.5, 0.6) is 5.75 Å². The first kappa shape index (κ1) is 17.1. The first-order valence-corrected chi connectivity index (χ1v) is 8.94. The maximum absolute atomic E-state index is 10.6. The van der Waals surface area contributed by atoms with Gasteiger partial charge in [-0.1, -0.05) is 23.7 Å². The summed E-state index contributed by atoms with van der Waals surface area (Å²) in [4.78, 5) is 14.2. The van der Waals surface area contributed by atoms with E-state index in [1.807, 2.05) is 24.3 Å². The van der Waals surface area contributed by atoms with Gasteiger partial charge in [-0.3, -0.25) is 9.69 Å². The number of nitrogen functional groups attached to an aromatic ring is 1. The van der Waals surface area contributed by atoms with Gasteiger partial charge < -0.3 is 15.6 Å². The Balaban J connectivity index is 1.65. The van der Waals surface area contributed by atoms with Crippen LogP contribution in [0.3, 0.4) is 0 Å². The molecule has 0 atom stereocenters. The summed E-state index contributed by atoms with van der Waals surface area (Å²) in [6.45, 7) is 2.76. The van der Waals surface area contributed by atoms with E-state index in [0.29, 0.717) is 10.8 Å². The Kier molecular flexibility index (Phi) is 5.28. The predicted molar refractivity (Wildman–Crippen MR) is 95.7 cm³/mol. The number of carboxylic acids is 1. The van der Waals surface area contributed by atoms with E-state index in [9.17, 15) is 4.79 Å². The van der Waals surface area contributed by atoms with E-state index in [-0.39, 0.29) is 13.0 Å². The van der Waals surface area contributed by atoms with E-state index in [0.717, 1.165) is 36.6 Å². The van der Waals surface area contributed by atoms with Crippen LogP contribution in [-0.4, -0.2) is 29.1 Å². The van der Waals surface area contributed by atoms with Crippen molar-refractivity contribution in [2.24, 2.45) is 0 Å². The molecule has 0 spiro atoms. The number of hydrogen-bond acceptors (Lipinski definition) is 5. The molecule has 1 aromatic carbocycles. The molecule has 0 amide bonds. The Morgan fingerprint density at radius 1 is 1.38 bits per heavy atom. The van der Waals surface area contributed by atoms with Gasteiger partial charge in [-0.05, 0) is 24.1 Å². The number of carboxylic acid groups (broad SMARTS) is 1. The number of thiophene rings is 1. The Bertz CT molecular complexity index is 730. The SMILES string of the molecule is Nc1sc2c(c1OCCC(=O)O)CCN(Cc1ccc(Cl)cc1)C2. The number of nitrogens with zero attached hydrogens (tertiary/aromatic N) is 1. The highest BCUT2D eigenvalue weighted by Crippen LogP contribution is 2.41. The van der Waals surface area contributed by atoms with Crippen molar-refractivity contribution in [2.45, 2.75) is 25.9 Å². The van der Waals surface area contributed by atoms with Crippen molar-refractivity contribution in [3.63, 3.8) is 0 Å². The van der Waals surface area contributed by atoms with E-state index in [4.69, 9.17) is 27.2 Å². The fourth-order valence-corrected chi connectivity index (χ4v) is 4.06. The third-order valence-electron chi connectivity index (χ3n) is 3.99. The Hall–Kier alpha value is -1.76. The van der Waals surface area contributed by atoms with Crippen molar-refractivity contribution in [3.8, 4) is 5.75 Å². The molecule has 0 unspecified atom stereocenters. The Morgan fingerprint density at radius 3 is 2.83 bits per heavy atom. The van der Waals surface area contributed by atoms with Crippen molar-refractivity contribution >= 4 is 33.9 Å². The first-order chi connectivity index (χ1) is 11.5. The van der Waals surface area contributed by atoms with Crippen molar-refractivity contribution in [1.82, 2.24) is 4.90 Å². The predicted octanol–water partition coefficient (Wildman–Crippen LogP) is 3.40. The summed E-state index contributed by atoms with van der Waals surface area (Å²) in [5.41, 5.74) is 8.43. The molecular formula is C17H19ClN2O3S. The summed E-state index contributed by atoms with van der Waals surface area (Å²) in [6.07, 6.45) is 0.839. The van der Waals surface area contributed by atoms with Crippen LogP contribution < -0.4 is 10.5 Å². The van der Waals surface area contributed by atoms with Crippen LogP contribution in [0.25, 0.3) is 0 Å². The summed E-state index contributed by atoms with van der Waals surface area (Å²) in [6, 6.07) is 7.90. The summed E-state index contributed by atoms with van der Waals surface area (Å²) < 4.78 is 5.62. The lowest BCUT2D eigenvalue weighted by atomic mass is 10.1. The van der Waals surface area contributed by atoms with Crippen LogP contribution in [-0.2, 0) is 24.3 Å². The number of hydrogen-bond donors (Lipinski definition) is 2. The third kappa shape index (κ3) is 4.01. The average molecular weight is 367 g/mol. The van der Waals surface area contributed by atoms with Crippen LogP contribution in [0.2, 0.25) is 5.02 Å². The molecule has 24 heavy (non-hydrogen) atoms. The first-order valence-electron chi connectivity index (χ1n) is 7.74. The van der Waals surface area contributed by atoms with Gasteiger partial charge in [0.2, 0.25) is 0 Å². The zero-order chi connectivity index (χ0) is 17.1. The molecule has 0 fully saturated rings. The highest BCUT2D eigenvalue weighted by molar-refractivity contribution is 7.16. The minimum atomic E-state index is -0.869. The zero-order valence-corrected chi connectivity index (χ0v) is 14.7. The minimum Gasteiger partial charge on any atom is -0.490 e. The molecule has 5 nitrogen and oxygen atoms in total. The molecule has 1 aliphatic rings. The highest BCUT2D eigenvalue weighted by atomic mass is 35.5. The number of carbonyl (C=O) groups is 1. The molecule has 3 rings (SSSR count). The molecule has 0 bridgehead atoms. The third-order valence-corrected chi connectivity index (χ3v) is 5.27. The lowest BCUT2D eigenvalue weighted by molar-refractivity contribution is -0.137. The summed E-state index contributed by atoms with van der Waals surface area (Å²) in [5, 5.41) is 10.1. The molecule has 3 N–H and O–H groups in total. The average Bonchev–Trinajstić information content (AvgIpc) is 2.84. The molecule has 0 saturated carbocycles. The maximum Gasteiger partial charge on any atom is 0.306 e. The van der Waals surface area contributed by atoms with Crippen molar-refractivity contribution in [1.29, 1.82) is 0 Å². The van der Waals surface area contributed by atoms with E-state index in [1.54, 1.807) is 0 Å². The molecule has 7 heteroatoms. The fourth-order valence-electron chi connectivity index (χ4n) is 2.83. The standard InChI is InChI=1S/C17H19ClN2O3S/c18-12-3-1-11(2-4-12)9-20-7-5-13-14(10-20)24-17(19)16(13)23-8-6-15(21)22/h1-4H,5-10,19H2,(H,21,22). The molecule has 128 valence electrons. The fraction of sp³-hybridized carbons (Fsp3) is 0.353. The Morgan fingerprint density at radius 2 is 2.12 bits per heavy atom. The van der Waals surface area contributed by atoms with E-state index in [1.165, 1.54) is 21.8 Å². The normalized spacial score (nSPS) is 14.4. The largest absolute Gasteiger partial charge is 0.490 e. The van der Waals surface area contributed by atoms with Crippen LogP contribution >= 0.6 is 22.9 Å². The summed E-state index contributed by atoms with van der Waals surface area (Å²) in [7, 11) is 0. The maximum atomic E-state index is 10.6. The lowest BCUT2D eigenvalue weighted by Gasteiger charge is -2.27. The monoisotopic (exact) mass is 366 g/mol. The number of fused-ring (bicyclic) bond motifs is 1. The van der Waals surface area contributed by atoms with Crippen LogP contribution in [0.15, 0.2) is 24.3 Å².